The first kappa shape index (κ1) is 29.4. The highest BCUT2D eigenvalue weighted by Gasteiger charge is 2.32. The summed E-state index contributed by atoms with van der Waals surface area (Å²) in [4.78, 5) is 28.9. The lowest BCUT2D eigenvalue weighted by molar-refractivity contribution is -0.140. The summed E-state index contributed by atoms with van der Waals surface area (Å²) in [6, 6.07) is 23.2. The van der Waals surface area contributed by atoms with Gasteiger partial charge in [0.15, 0.2) is 0 Å². The van der Waals surface area contributed by atoms with Crippen LogP contribution in [0.1, 0.15) is 30.0 Å². The number of aryl methyl sites for hydroxylation is 1. The number of hydrogen-bond acceptors (Lipinski definition) is 4. The van der Waals surface area contributed by atoms with Gasteiger partial charge in [0.05, 0.1) is 11.9 Å². The molecule has 1 unspecified atom stereocenters. The third-order valence-corrected chi connectivity index (χ3v) is 7.70. The second-order valence-electron chi connectivity index (χ2n) is 9.25. The van der Waals surface area contributed by atoms with Gasteiger partial charge in [-0.15, -0.1) is 0 Å². The first-order valence-corrected chi connectivity index (χ1v) is 15.1. The molecule has 202 valence electrons. The van der Waals surface area contributed by atoms with Gasteiger partial charge in [-0.05, 0) is 42.7 Å². The molecule has 0 aliphatic carbocycles. The third kappa shape index (κ3) is 8.43. The summed E-state index contributed by atoms with van der Waals surface area (Å²) in [6.07, 6.45) is 2.12. The first-order chi connectivity index (χ1) is 18.1. The Kier molecular flexibility index (Phi) is 10.5. The maximum Gasteiger partial charge on any atom is 0.244 e. The highest BCUT2D eigenvalue weighted by Crippen LogP contribution is 2.23. The predicted molar refractivity (Wildman–Crippen MR) is 155 cm³/mol. The van der Waals surface area contributed by atoms with E-state index in [4.69, 9.17) is 0 Å². The second kappa shape index (κ2) is 13.6. The molecule has 38 heavy (non-hydrogen) atoms. The average Bonchev–Trinajstić information content (AvgIpc) is 2.88. The normalized spacial score (nSPS) is 12.0. The molecule has 0 saturated heterocycles. The smallest absolute Gasteiger partial charge is 0.244 e. The number of carbonyl (C=O) groups is 2. The van der Waals surface area contributed by atoms with Crippen LogP contribution in [0.2, 0.25) is 0 Å². The number of hydrogen-bond donors (Lipinski definition) is 1. The fourth-order valence-electron chi connectivity index (χ4n) is 4.06. The molecule has 0 aliphatic heterocycles. The van der Waals surface area contributed by atoms with Gasteiger partial charge >= 0.3 is 0 Å². The minimum Gasteiger partial charge on any atom is -0.354 e. The number of anilines is 1. The summed E-state index contributed by atoms with van der Waals surface area (Å²) in [5.41, 5.74) is 3.18. The van der Waals surface area contributed by atoms with Crippen molar-refractivity contribution in [1.82, 2.24) is 10.2 Å². The molecule has 1 N–H and O–H groups in total. The van der Waals surface area contributed by atoms with Crippen LogP contribution in [0.15, 0.2) is 83.3 Å². The van der Waals surface area contributed by atoms with Crippen LogP contribution >= 0.6 is 15.9 Å². The van der Waals surface area contributed by atoms with E-state index >= 15 is 0 Å². The monoisotopic (exact) mass is 599 g/mol. The van der Waals surface area contributed by atoms with E-state index in [0.29, 0.717) is 23.1 Å². The molecule has 0 saturated carbocycles. The van der Waals surface area contributed by atoms with E-state index in [2.05, 4.69) is 21.2 Å². The average molecular weight is 601 g/mol. The number of nitrogens with one attached hydrogen (secondary N) is 1. The zero-order chi connectivity index (χ0) is 27.7. The molecule has 0 aliphatic rings. The van der Waals surface area contributed by atoms with Crippen molar-refractivity contribution in [2.24, 2.45) is 0 Å². The van der Waals surface area contributed by atoms with E-state index in [1.54, 1.807) is 24.3 Å². The van der Waals surface area contributed by atoms with Crippen molar-refractivity contribution in [2.75, 3.05) is 23.7 Å². The Morgan fingerprint density at radius 1 is 0.947 bits per heavy atom. The molecule has 0 spiro atoms. The van der Waals surface area contributed by atoms with Gasteiger partial charge in [0, 0.05) is 24.0 Å². The second-order valence-corrected chi connectivity index (χ2v) is 12.1. The van der Waals surface area contributed by atoms with Crippen molar-refractivity contribution in [2.45, 2.75) is 39.3 Å². The van der Waals surface area contributed by atoms with E-state index in [1.807, 2.05) is 68.4 Å². The number of amides is 2. The summed E-state index contributed by atoms with van der Waals surface area (Å²) in [7, 11) is -3.80. The molecule has 0 fully saturated rings. The molecule has 3 aromatic rings. The fraction of sp³-hybridized carbons (Fsp3) is 0.310. The molecule has 0 aromatic heterocycles. The number of nitrogens with zero attached hydrogens (tertiary/aromatic N) is 2. The maximum atomic E-state index is 14.0. The Balaban J connectivity index is 2.03. The predicted octanol–water partition coefficient (Wildman–Crippen LogP) is 4.69. The number of rotatable bonds is 12. The summed E-state index contributed by atoms with van der Waals surface area (Å²) < 4.78 is 27.4. The zero-order valence-electron chi connectivity index (χ0n) is 21.9. The lowest BCUT2D eigenvalue weighted by atomic mass is 10.0. The van der Waals surface area contributed by atoms with Gasteiger partial charge in [-0.25, -0.2) is 8.42 Å². The molecule has 3 rings (SSSR count). The lowest BCUT2D eigenvalue weighted by Gasteiger charge is -2.33. The minimum absolute atomic E-state index is 0.159. The molecule has 7 nitrogen and oxygen atoms in total. The standard InChI is InChI=1S/C29H34BrN3O4S/c1-4-17-31-29(35)27(18-23-9-6-5-7-10-23)32(20-24-15-13-22(2)14-16-24)28(34)21-33(38(3,36)37)26-12-8-11-25(30)19-26/h5-16,19,27H,4,17-18,20-21H2,1-3H3,(H,31,35). The Bertz CT molecular complexity index is 1330. The Morgan fingerprint density at radius 2 is 1.63 bits per heavy atom. The molecule has 0 heterocycles. The quantitative estimate of drug-likeness (QED) is 0.327. The van der Waals surface area contributed by atoms with Crippen molar-refractivity contribution < 1.29 is 18.0 Å². The molecule has 0 bridgehead atoms. The maximum absolute atomic E-state index is 14.0. The van der Waals surface area contributed by atoms with Crippen molar-refractivity contribution in [3.8, 4) is 0 Å². The number of carbonyl (C=O) groups excluding carboxylic acids is 2. The molecule has 9 heteroatoms. The highest BCUT2D eigenvalue weighted by molar-refractivity contribution is 9.10. The fourth-order valence-corrected chi connectivity index (χ4v) is 5.28. The zero-order valence-corrected chi connectivity index (χ0v) is 24.3. The summed E-state index contributed by atoms with van der Waals surface area (Å²) >= 11 is 3.38. The molecule has 1 atom stereocenters. The molecule has 2 amide bonds. The van der Waals surface area contributed by atoms with Crippen LogP contribution in [0.5, 0.6) is 0 Å². The Hall–Kier alpha value is -3.17. The summed E-state index contributed by atoms with van der Waals surface area (Å²) in [5.74, 6) is -0.743. The third-order valence-electron chi connectivity index (χ3n) is 6.07. The van der Waals surface area contributed by atoms with Gasteiger partial charge in [-0.3, -0.25) is 13.9 Å². The van der Waals surface area contributed by atoms with E-state index in [9.17, 15) is 18.0 Å². The molecular weight excluding hydrogens is 566 g/mol. The van der Waals surface area contributed by atoms with E-state index in [-0.39, 0.29) is 12.5 Å². The largest absolute Gasteiger partial charge is 0.354 e. The molecular formula is C29H34BrN3O4S. The van der Waals surface area contributed by atoms with E-state index < -0.39 is 28.5 Å². The Morgan fingerprint density at radius 3 is 2.24 bits per heavy atom. The van der Waals surface area contributed by atoms with Crippen LogP contribution in [-0.4, -0.2) is 50.5 Å². The molecule has 3 aromatic carbocycles. The van der Waals surface area contributed by atoms with Crippen LogP contribution in [0, 0.1) is 6.92 Å². The highest BCUT2D eigenvalue weighted by atomic mass is 79.9. The molecule has 0 radical (unpaired) electrons. The van der Waals surface area contributed by atoms with Crippen LogP contribution in [0.25, 0.3) is 0 Å². The van der Waals surface area contributed by atoms with Gasteiger partial charge in [0.2, 0.25) is 21.8 Å². The van der Waals surface area contributed by atoms with Crippen LogP contribution in [0.3, 0.4) is 0 Å². The number of halogens is 1. The van der Waals surface area contributed by atoms with Gasteiger partial charge < -0.3 is 10.2 Å². The van der Waals surface area contributed by atoms with Crippen molar-refractivity contribution >= 4 is 43.5 Å². The van der Waals surface area contributed by atoms with Gasteiger partial charge in [0.1, 0.15) is 12.6 Å². The van der Waals surface area contributed by atoms with Gasteiger partial charge in [-0.2, -0.15) is 0 Å². The summed E-state index contributed by atoms with van der Waals surface area (Å²) in [6.45, 7) is 4.14. The van der Waals surface area contributed by atoms with Crippen LogP contribution in [-0.2, 0) is 32.6 Å². The number of sulfonamides is 1. The van der Waals surface area contributed by atoms with Crippen molar-refractivity contribution in [1.29, 1.82) is 0 Å². The minimum atomic E-state index is -3.80. The Labute approximate surface area is 234 Å². The first-order valence-electron chi connectivity index (χ1n) is 12.5. The SMILES string of the molecule is CCCNC(=O)C(Cc1ccccc1)N(Cc1ccc(C)cc1)C(=O)CN(c1cccc(Br)c1)S(C)(=O)=O. The topological polar surface area (TPSA) is 86.8 Å². The van der Waals surface area contributed by atoms with Gasteiger partial charge in [0.25, 0.3) is 0 Å². The summed E-state index contributed by atoms with van der Waals surface area (Å²) in [5, 5.41) is 2.93. The van der Waals surface area contributed by atoms with Crippen molar-refractivity contribution in [3.05, 3.63) is 100 Å². The van der Waals surface area contributed by atoms with Crippen LogP contribution in [0.4, 0.5) is 5.69 Å². The van der Waals surface area contributed by atoms with E-state index in [0.717, 1.165) is 33.7 Å². The number of benzene rings is 3. The van der Waals surface area contributed by atoms with E-state index in [1.165, 1.54) is 4.90 Å². The van der Waals surface area contributed by atoms with Gasteiger partial charge in [-0.1, -0.05) is 89.1 Å². The lowest BCUT2D eigenvalue weighted by Crippen LogP contribution is -2.53. The van der Waals surface area contributed by atoms with Crippen LogP contribution < -0.4 is 9.62 Å². The van der Waals surface area contributed by atoms with Crippen molar-refractivity contribution in [3.63, 3.8) is 0 Å².